The zero-order valence-corrected chi connectivity index (χ0v) is 13.1. The second-order valence-electron chi connectivity index (χ2n) is 5.04. The van der Waals surface area contributed by atoms with E-state index in [1.54, 1.807) is 0 Å². The Kier molecular flexibility index (Phi) is 8.00. The summed E-state index contributed by atoms with van der Waals surface area (Å²) in [6.45, 7) is 6.94. The second-order valence-corrected chi connectivity index (χ2v) is 8.07. The minimum Gasteiger partial charge on any atom is -0.271 e. The molecular formula is C13H28N2S2. The third kappa shape index (κ3) is 5.41. The van der Waals surface area contributed by atoms with E-state index in [-0.39, 0.29) is 0 Å². The number of hydrazine groups is 1. The number of thioether (sulfide) groups is 2. The smallest absolute Gasteiger partial charge is 0.0337 e. The fraction of sp³-hybridized carbons (Fsp3) is 1.00. The lowest BCUT2D eigenvalue weighted by molar-refractivity contribution is 0.463. The molecule has 1 fully saturated rings. The third-order valence-corrected chi connectivity index (χ3v) is 7.16. The van der Waals surface area contributed by atoms with Crippen molar-refractivity contribution in [1.82, 2.24) is 5.43 Å². The normalized spacial score (nSPS) is 31.4. The number of nitrogens with one attached hydrogen (secondary N) is 1. The van der Waals surface area contributed by atoms with Crippen LogP contribution in [0.15, 0.2) is 0 Å². The Bertz CT molecular complexity index is 202. The van der Waals surface area contributed by atoms with Crippen LogP contribution >= 0.6 is 23.5 Å². The summed E-state index contributed by atoms with van der Waals surface area (Å²) in [5.74, 6) is 6.97. The molecule has 1 heterocycles. The van der Waals surface area contributed by atoms with Crippen LogP contribution < -0.4 is 11.3 Å². The molecule has 4 unspecified atom stereocenters. The van der Waals surface area contributed by atoms with Gasteiger partial charge in [0.05, 0.1) is 0 Å². The van der Waals surface area contributed by atoms with Crippen molar-refractivity contribution < 1.29 is 0 Å². The SMILES string of the molecule is CCCCCCC(NN)C1CSC(C)C(C)S1. The number of hydrogen-bond acceptors (Lipinski definition) is 4. The van der Waals surface area contributed by atoms with E-state index >= 15 is 0 Å². The Hall–Kier alpha value is 0.620. The first-order valence-electron chi connectivity index (χ1n) is 6.92. The lowest BCUT2D eigenvalue weighted by Crippen LogP contribution is -2.46. The molecule has 0 saturated carbocycles. The molecule has 0 aromatic heterocycles. The summed E-state index contributed by atoms with van der Waals surface area (Å²) < 4.78 is 0. The Morgan fingerprint density at radius 3 is 2.59 bits per heavy atom. The highest BCUT2D eigenvalue weighted by Crippen LogP contribution is 2.37. The van der Waals surface area contributed by atoms with Gasteiger partial charge < -0.3 is 0 Å². The van der Waals surface area contributed by atoms with Crippen molar-refractivity contribution in [2.75, 3.05) is 5.75 Å². The molecule has 4 heteroatoms. The lowest BCUT2D eigenvalue weighted by atomic mass is 10.1. The number of unbranched alkanes of at least 4 members (excludes halogenated alkanes) is 3. The average molecular weight is 277 g/mol. The van der Waals surface area contributed by atoms with Crippen LogP contribution in [0.4, 0.5) is 0 Å². The Balaban J connectivity index is 2.29. The van der Waals surface area contributed by atoms with Gasteiger partial charge in [-0.05, 0) is 6.42 Å². The second kappa shape index (κ2) is 8.68. The summed E-state index contributed by atoms with van der Waals surface area (Å²) in [5.41, 5.74) is 3.05. The van der Waals surface area contributed by atoms with Gasteiger partial charge in [-0.25, -0.2) is 0 Å². The summed E-state index contributed by atoms with van der Waals surface area (Å²) in [7, 11) is 0. The van der Waals surface area contributed by atoms with Crippen LogP contribution in [0.2, 0.25) is 0 Å². The van der Waals surface area contributed by atoms with E-state index in [2.05, 4.69) is 49.7 Å². The topological polar surface area (TPSA) is 38.0 Å². The number of nitrogens with two attached hydrogens (primary N) is 1. The van der Waals surface area contributed by atoms with E-state index in [0.29, 0.717) is 11.3 Å². The summed E-state index contributed by atoms with van der Waals surface area (Å²) >= 11 is 4.23. The Labute approximate surface area is 115 Å². The largest absolute Gasteiger partial charge is 0.271 e. The molecule has 0 aromatic rings. The molecule has 0 spiro atoms. The van der Waals surface area contributed by atoms with Crippen LogP contribution in [0, 0.1) is 0 Å². The maximum Gasteiger partial charge on any atom is 0.0337 e. The maximum atomic E-state index is 5.73. The van der Waals surface area contributed by atoms with Gasteiger partial charge in [0, 0.05) is 27.5 Å². The van der Waals surface area contributed by atoms with Gasteiger partial charge in [-0.1, -0.05) is 46.5 Å². The third-order valence-electron chi connectivity index (χ3n) is 3.61. The quantitative estimate of drug-likeness (QED) is 0.424. The number of hydrogen-bond donors (Lipinski definition) is 2. The molecule has 0 aliphatic carbocycles. The van der Waals surface area contributed by atoms with Crippen molar-refractivity contribution >= 4 is 23.5 Å². The van der Waals surface area contributed by atoms with E-state index in [9.17, 15) is 0 Å². The molecular weight excluding hydrogens is 248 g/mol. The summed E-state index contributed by atoms with van der Waals surface area (Å²) in [4.78, 5) is 0. The van der Waals surface area contributed by atoms with Crippen LogP contribution in [0.1, 0.15) is 52.9 Å². The molecule has 0 radical (unpaired) electrons. The van der Waals surface area contributed by atoms with Gasteiger partial charge in [0.1, 0.15) is 0 Å². The predicted molar refractivity (Wildman–Crippen MR) is 82.6 cm³/mol. The molecule has 2 nitrogen and oxygen atoms in total. The molecule has 0 aromatic carbocycles. The van der Waals surface area contributed by atoms with Crippen molar-refractivity contribution in [1.29, 1.82) is 0 Å². The monoisotopic (exact) mass is 276 g/mol. The van der Waals surface area contributed by atoms with E-state index in [0.717, 1.165) is 10.5 Å². The summed E-state index contributed by atoms with van der Waals surface area (Å²) in [6.07, 6.45) is 6.57. The highest BCUT2D eigenvalue weighted by molar-refractivity contribution is 8.07. The van der Waals surface area contributed by atoms with Gasteiger partial charge in [0.25, 0.3) is 0 Å². The van der Waals surface area contributed by atoms with Crippen LogP contribution in [0.25, 0.3) is 0 Å². The highest BCUT2D eigenvalue weighted by atomic mass is 32.2. The van der Waals surface area contributed by atoms with E-state index in [1.807, 2.05) is 0 Å². The van der Waals surface area contributed by atoms with Gasteiger partial charge in [-0.3, -0.25) is 11.3 Å². The first kappa shape index (κ1) is 15.7. The van der Waals surface area contributed by atoms with Crippen molar-refractivity contribution in [3.05, 3.63) is 0 Å². The fourth-order valence-corrected chi connectivity index (χ4v) is 5.34. The van der Waals surface area contributed by atoms with Gasteiger partial charge >= 0.3 is 0 Å². The first-order chi connectivity index (χ1) is 8.19. The molecule has 0 amide bonds. The molecule has 1 saturated heterocycles. The molecule has 0 bridgehead atoms. The molecule has 1 aliphatic rings. The molecule has 1 aliphatic heterocycles. The minimum atomic E-state index is 0.499. The maximum absolute atomic E-state index is 5.73. The molecule has 102 valence electrons. The minimum absolute atomic E-state index is 0.499. The Morgan fingerprint density at radius 2 is 2.00 bits per heavy atom. The zero-order chi connectivity index (χ0) is 12.7. The van der Waals surface area contributed by atoms with E-state index in [4.69, 9.17) is 5.84 Å². The standard InChI is InChI=1S/C13H28N2S2/c1-4-5-6-7-8-12(15-14)13-9-16-10(2)11(3)17-13/h10-13,15H,4-9,14H2,1-3H3. The van der Waals surface area contributed by atoms with E-state index in [1.165, 1.54) is 37.9 Å². The van der Waals surface area contributed by atoms with Crippen molar-refractivity contribution in [2.45, 2.75) is 74.7 Å². The summed E-state index contributed by atoms with van der Waals surface area (Å²) in [6, 6.07) is 0.499. The van der Waals surface area contributed by atoms with Gasteiger partial charge in [-0.15, -0.1) is 0 Å². The fourth-order valence-electron chi connectivity index (χ4n) is 2.19. The van der Waals surface area contributed by atoms with Gasteiger partial charge in [0.2, 0.25) is 0 Å². The van der Waals surface area contributed by atoms with Gasteiger partial charge in [0.15, 0.2) is 0 Å². The highest BCUT2D eigenvalue weighted by Gasteiger charge is 2.30. The van der Waals surface area contributed by atoms with Crippen LogP contribution in [-0.2, 0) is 0 Å². The van der Waals surface area contributed by atoms with Crippen molar-refractivity contribution in [3.63, 3.8) is 0 Å². The molecule has 1 rings (SSSR count). The predicted octanol–water partition coefficient (Wildman–Crippen LogP) is 3.41. The van der Waals surface area contributed by atoms with Gasteiger partial charge in [-0.2, -0.15) is 23.5 Å². The van der Waals surface area contributed by atoms with Crippen LogP contribution in [-0.4, -0.2) is 27.5 Å². The van der Waals surface area contributed by atoms with Crippen molar-refractivity contribution in [3.8, 4) is 0 Å². The van der Waals surface area contributed by atoms with Crippen LogP contribution in [0.5, 0.6) is 0 Å². The molecule has 17 heavy (non-hydrogen) atoms. The number of rotatable bonds is 7. The van der Waals surface area contributed by atoms with Crippen LogP contribution in [0.3, 0.4) is 0 Å². The first-order valence-corrected chi connectivity index (χ1v) is 8.91. The zero-order valence-electron chi connectivity index (χ0n) is 11.4. The average Bonchev–Trinajstić information content (AvgIpc) is 2.33. The Morgan fingerprint density at radius 1 is 1.24 bits per heavy atom. The summed E-state index contributed by atoms with van der Waals surface area (Å²) in [5, 5.41) is 2.23. The molecule has 4 atom stereocenters. The van der Waals surface area contributed by atoms with Crippen molar-refractivity contribution in [2.24, 2.45) is 5.84 Å². The lowest BCUT2D eigenvalue weighted by Gasteiger charge is -2.35. The van der Waals surface area contributed by atoms with E-state index < -0.39 is 0 Å². The molecule has 3 N–H and O–H groups in total.